The summed E-state index contributed by atoms with van der Waals surface area (Å²) in [6.07, 6.45) is 11.4. The Morgan fingerprint density at radius 1 is 0.974 bits per heavy atom. The number of hydrogen-bond acceptors (Lipinski definition) is 4. The van der Waals surface area contributed by atoms with E-state index in [1.807, 2.05) is 13.0 Å². The number of hydrogen-bond donors (Lipinski definition) is 2. The highest BCUT2D eigenvalue weighted by atomic mass is 32.1. The highest BCUT2D eigenvalue weighted by molar-refractivity contribution is 7.23. The van der Waals surface area contributed by atoms with Gasteiger partial charge in [-0.3, -0.25) is 9.79 Å². The lowest BCUT2D eigenvalue weighted by atomic mass is 9.58. The van der Waals surface area contributed by atoms with E-state index < -0.39 is 0 Å². The number of nitrogens with two attached hydrogens (primary N) is 1. The van der Waals surface area contributed by atoms with Gasteiger partial charge in [0, 0.05) is 28.3 Å². The number of fused-ring (bicyclic) bond motifs is 2. The van der Waals surface area contributed by atoms with Crippen molar-refractivity contribution in [2.45, 2.75) is 51.0 Å². The van der Waals surface area contributed by atoms with Gasteiger partial charge < -0.3 is 11.1 Å². The van der Waals surface area contributed by atoms with Crippen LogP contribution in [0.15, 0.2) is 53.5 Å². The molecule has 2 saturated carbocycles. The number of benzene rings is 1. The Morgan fingerprint density at radius 2 is 1.67 bits per heavy atom. The molecule has 2 fully saturated rings. The first kappa shape index (κ1) is 26.1. The summed E-state index contributed by atoms with van der Waals surface area (Å²) in [5, 5.41) is 6.21. The minimum Gasteiger partial charge on any atom is -0.370 e. The van der Waals surface area contributed by atoms with E-state index in [0.29, 0.717) is 11.9 Å². The Bertz CT molecular complexity index is 1590. The molecule has 6 heteroatoms. The molecule has 200 valence electrons. The van der Waals surface area contributed by atoms with Crippen LogP contribution < -0.4 is 21.5 Å². The minimum absolute atomic E-state index is 0.0251. The van der Waals surface area contributed by atoms with Crippen LogP contribution >= 0.6 is 22.7 Å². The monoisotopic (exact) mass is 553 g/mol. The number of rotatable bonds is 5. The van der Waals surface area contributed by atoms with E-state index in [-0.39, 0.29) is 29.1 Å². The zero-order chi connectivity index (χ0) is 27.0. The summed E-state index contributed by atoms with van der Waals surface area (Å²) in [6, 6.07) is 16.9. The molecular formula is C33H35N3OS2. The van der Waals surface area contributed by atoms with Crippen molar-refractivity contribution in [2.24, 2.45) is 34.4 Å². The Morgan fingerprint density at radius 3 is 2.38 bits per heavy atom. The third kappa shape index (κ3) is 4.88. The van der Waals surface area contributed by atoms with Crippen LogP contribution in [-0.4, -0.2) is 24.3 Å². The first-order valence-corrected chi connectivity index (χ1v) is 15.6. The fourth-order valence-electron chi connectivity index (χ4n) is 7.27. The van der Waals surface area contributed by atoms with Crippen LogP contribution in [0.1, 0.15) is 60.0 Å². The van der Waals surface area contributed by atoms with Crippen LogP contribution in [0.2, 0.25) is 0 Å². The molecule has 4 nitrogen and oxygen atoms in total. The summed E-state index contributed by atoms with van der Waals surface area (Å²) < 4.78 is 0. The maximum absolute atomic E-state index is 14.2. The summed E-state index contributed by atoms with van der Waals surface area (Å²) in [7, 11) is 1.75. The number of thiophene rings is 2. The average molecular weight is 554 g/mol. The lowest BCUT2D eigenvalue weighted by Crippen LogP contribution is -2.59. The largest absolute Gasteiger partial charge is 0.370 e. The number of nitrogens with zero attached hydrogens (tertiary/aromatic N) is 1. The molecule has 4 unspecified atom stereocenters. The van der Waals surface area contributed by atoms with Crippen molar-refractivity contribution in [2.75, 3.05) is 7.05 Å². The first-order valence-electron chi connectivity index (χ1n) is 14.0. The summed E-state index contributed by atoms with van der Waals surface area (Å²) in [4.78, 5) is 22.7. The summed E-state index contributed by atoms with van der Waals surface area (Å²) in [6.45, 7) is 1.86. The van der Waals surface area contributed by atoms with Gasteiger partial charge in [0.05, 0.1) is 9.75 Å². The van der Waals surface area contributed by atoms with E-state index in [9.17, 15) is 4.79 Å². The molecule has 0 saturated heterocycles. The Labute approximate surface area is 238 Å². The van der Waals surface area contributed by atoms with E-state index in [0.717, 1.165) is 40.3 Å². The second-order valence-corrected chi connectivity index (χ2v) is 13.2. The molecule has 0 bridgehead atoms. The van der Waals surface area contributed by atoms with Gasteiger partial charge in [-0.05, 0) is 85.1 Å². The molecular weight excluding hydrogens is 519 g/mol. The first-order chi connectivity index (χ1) is 19.0. The van der Waals surface area contributed by atoms with E-state index in [2.05, 4.69) is 76.8 Å². The van der Waals surface area contributed by atoms with Gasteiger partial charge in [-0.2, -0.15) is 0 Å². The number of nitrogens with one attached hydrogen (secondary N) is 1. The third-order valence-electron chi connectivity index (χ3n) is 9.01. The number of guanidine groups is 1. The minimum atomic E-state index is -0.0640. The number of ketones is 1. The van der Waals surface area contributed by atoms with Gasteiger partial charge in [0.2, 0.25) is 0 Å². The fourth-order valence-corrected chi connectivity index (χ4v) is 9.28. The summed E-state index contributed by atoms with van der Waals surface area (Å²) in [5.74, 6) is 7.76. The zero-order valence-electron chi connectivity index (χ0n) is 22.6. The van der Waals surface area contributed by atoms with Crippen molar-refractivity contribution in [1.29, 1.82) is 0 Å². The topological polar surface area (TPSA) is 67.5 Å². The molecule has 3 aliphatic carbocycles. The van der Waals surface area contributed by atoms with E-state index >= 15 is 0 Å². The highest BCUT2D eigenvalue weighted by Crippen LogP contribution is 2.51. The van der Waals surface area contributed by atoms with Crippen molar-refractivity contribution in [3.8, 4) is 21.6 Å². The normalized spacial score (nSPS) is 25.3. The number of carbonyl (C=O) groups excluding carboxylic acids is 1. The quantitative estimate of drug-likeness (QED) is 0.192. The predicted octanol–water partition coefficient (Wildman–Crippen LogP) is 5.41. The van der Waals surface area contributed by atoms with E-state index in [4.69, 9.17) is 5.73 Å². The molecule has 0 spiro atoms. The van der Waals surface area contributed by atoms with E-state index in [1.165, 1.54) is 28.2 Å². The van der Waals surface area contributed by atoms with Crippen LogP contribution in [0.25, 0.3) is 21.9 Å². The number of carbonyl (C=O) groups is 1. The van der Waals surface area contributed by atoms with Crippen LogP contribution in [0.4, 0.5) is 0 Å². The van der Waals surface area contributed by atoms with Gasteiger partial charge in [0.25, 0.3) is 0 Å². The van der Waals surface area contributed by atoms with Gasteiger partial charge in [0.1, 0.15) is 0 Å². The lowest BCUT2D eigenvalue weighted by Gasteiger charge is -2.49. The SMILES string of the molecule is CC#Cc1ccc(-c2ccc(C(=O)C3CCC(C4(NC(N)=NC)CCCC4)C4C=c5ccccc5=CC34)s2)s1. The summed E-state index contributed by atoms with van der Waals surface area (Å²) in [5.41, 5.74) is 6.21. The molecule has 3 aromatic rings. The Kier molecular flexibility index (Phi) is 7.22. The summed E-state index contributed by atoms with van der Waals surface area (Å²) >= 11 is 3.31. The second kappa shape index (κ2) is 10.8. The number of Topliss-reactive ketones (excluding diaryl/α,β-unsaturated/α-hetero) is 1. The molecule has 3 aliphatic rings. The molecule has 6 rings (SSSR count). The molecule has 0 aliphatic heterocycles. The number of aliphatic imine (C=N–C) groups is 1. The van der Waals surface area contributed by atoms with Crippen LogP contribution in [0, 0.1) is 35.5 Å². The predicted molar refractivity (Wildman–Crippen MR) is 164 cm³/mol. The van der Waals surface area contributed by atoms with Crippen LogP contribution in [0.3, 0.4) is 0 Å². The molecule has 3 N–H and O–H groups in total. The van der Waals surface area contributed by atoms with Crippen molar-refractivity contribution in [3.63, 3.8) is 0 Å². The molecule has 39 heavy (non-hydrogen) atoms. The van der Waals surface area contributed by atoms with Crippen molar-refractivity contribution < 1.29 is 4.79 Å². The van der Waals surface area contributed by atoms with Crippen LogP contribution in [-0.2, 0) is 0 Å². The van der Waals surface area contributed by atoms with Gasteiger partial charge >= 0.3 is 0 Å². The molecule has 1 aromatic carbocycles. The maximum atomic E-state index is 14.2. The molecule has 2 heterocycles. The van der Waals surface area contributed by atoms with Gasteiger partial charge in [-0.15, -0.1) is 28.6 Å². The Hall–Kier alpha value is -3.14. The van der Waals surface area contributed by atoms with Gasteiger partial charge in [-0.1, -0.05) is 55.2 Å². The van der Waals surface area contributed by atoms with Gasteiger partial charge in [-0.25, -0.2) is 0 Å². The molecule has 4 atom stereocenters. The average Bonchev–Trinajstić information content (AvgIpc) is 3.73. The van der Waals surface area contributed by atoms with Gasteiger partial charge in [0.15, 0.2) is 11.7 Å². The Balaban J connectivity index is 1.34. The molecule has 0 amide bonds. The van der Waals surface area contributed by atoms with Crippen LogP contribution in [0.5, 0.6) is 0 Å². The molecule has 0 radical (unpaired) electrons. The third-order valence-corrected chi connectivity index (χ3v) is 11.3. The van der Waals surface area contributed by atoms with Crippen molar-refractivity contribution >= 4 is 46.6 Å². The zero-order valence-corrected chi connectivity index (χ0v) is 24.2. The molecule has 2 aromatic heterocycles. The smallest absolute Gasteiger partial charge is 0.188 e. The standard InChI is InChI=1S/C33H35N3OS2/c1-3-8-23-11-14-28(38-23)29-15-16-30(39-29)31(37)24-12-13-27(33(17-6-7-18-33)36-32(34)35-2)26-20-22-10-5-4-9-21(22)19-25(24)26/h4-5,9-11,14-16,19-20,24-27H,6-7,12-13,17-18H2,1-2H3,(H3,34,35,36). The second-order valence-electron chi connectivity index (χ2n) is 11.1. The fraction of sp³-hybridized carbons (Fsp3) is 0.394. The highest BCUT2D eigenvalue weighted by Gasteiger charge is 2.51. The lowest BCUT2D eigenvalue weighted by molar-refractivity contribution is 0.0664. The van der Waals surface area contributed by atoms with Crippen molar-refractivity contribution in [3.05, 3.63) is 68.7 Å². The van der Waals surface area contributed by atoms with E-state index in [1.54, 1.807) is 29.7 Å². The maximum Gasteiger partial charge on any atom is 0.188 e. The van der Waals surface area contributed by atoms with Crippen molar-refractivity contribution in [1.82, 2.24) is 5.32 Å².